The molecule has 0 heterocycles. The van der Waals surface area contributed by atoms with Gasteiger partial charge < -0.3 is 0 Å². The number of rotatable bonds is 0. The summed E-state index contributed by atoms with van der Waals surface area (Å²) in [7, 11) is 0. The number of nitrogens with zero attached hydrogens (tertiary/aromatic N) is 1. The molecule has 0 N–H and O–H groups in total. The van der Waals surface area contributed by atoms with Crippen LogP contribution in [0.3, 0.4) is 0 Å². The molecule has 0 unspecified atom stereocenters. The van der Waals surface area contributed by atoms with Gasteiger partial charge >= 0.3 is 0 Å². The summed E-state index contributed by atoms with van der Waals surface area (Å²) in [5.41, 5.74) is 5.23. The average Bonchev–Trinajstić information content (AvgIpc) is 2.03. The molecular formula is C13H15N. The Labute approximate surface area is 85.6 Å². The molecule has 0 aromatic heterocycles. The second kappa shape index (κ2) is 2.85. The first-order valence-electron chi connectivity index (χ1n) is 5.07. The van der Waals surface area contributed by atoms with Gasteiger partial charge in [0.15, 0.2) is 5.69 Å². The molecule has 0 fully saturated rings. The normalized spacial score (nSPS) is 14.1. The molecule has 0 amide bonds. The highest BCUT2D eigenvalue weighted by Crippen LogP contribution is 2.39. The van der Waals surface area contributed by atoms with Crippen LogP contribution in [0.2, 0.25) is 0 Å². The van der Waals surface area contributed by atoms with Crippen molar-refractivity contribution in [2.24, 2.45) is 0 Å². The summed E-state index contributed by atoms with van der Waals surface area (Å²) < 4.78 is 0. The standard InChI is InChI=1S/C13H15N/c1-13(2,3)11-7-8-12(14-4)10-6-5-9(10)11/h7-8H,5-6H2,1-3H3. The summed E-state index contributed by atoms with van der Waals surface area (Å²) in [6.45, 7) is 13.8. The lowest BCUT2D eigenvalue weighted by Gasteiger charge is -2.30. The summed E-state index contributed by atoms with van der Waals surface area (Å²) in [5, 5.41) is 0. The quantitative estimate of drug-likeness (QED) is 0.544. The Hall–Kier alpha value is -1.29. The first kappa shape index (κ1) is 9.27. The molecule has 14 heavy (non-hydrogen) atoms. The monoisotopic (exact) mass is 185 g/mol. The van der Waals surface area contributed by atoms with Gasteiger partial charge in [-0.1, -0.05) is 38.5 Å². The summed E-state index contributed by atoms with van der Waals surface area (Å²) in [6.07, 6.45) is 2.25. The minimum absolute atomic E-state index is 0.213. The van der Waals surface area contributed by atoms with E-state index in [1.807, 2.05) is 6.07 Å². The fraction of sp³-hybridized carbons (Fsp3) is 0.462. The first-order chi connectivity index (χ1) is 6.54. The Bertz CT molecular complexity index is 416. The van der Waals surface area contributed by atoms with Crippen molar-refractivity contribution in [2.75, 3.05) is 0 Å². The zero-order chi connectivity index (χ0) is 10.3. The van der Waals surface area contributed by atoms with E-state index in [1.54, 1.807) is 0 Å². The van der Waals surface area contributed by atoms with Crippen molar-refractivity contribution in [3.63, 3.8) is 0 Å². The maximum absolute atomic E-state index is 7.07. The van der Waals surface area contributed by atoms with Crippen LogP contribution in [0.5, 0.6) is 0 Å². The molecule has 0 saturated carbocycles. The number of fused-ring (bicyclic) bond motifs is 1. The van der Waals surface area contributed by atoms with Gasteiger partial charge in [0.05, 0.1) is 6.57 Å². The van der Waals surface area contributed by atoms with Crippen molar-refractivity contribution in [1.82, 2.24) is 0 Å². The second-order valence-corrected chi connectivity index (χ2v) is 4.95. The maximum Gasteiger partial charge on any atom is 0.190 e. The third-order valence-corrected chi connectivity index (χ3v) is 2.96. The Balaban J connectivity index is 2.59. The lowest BCUT2D eigenvalue weighted by Crippen LogP contribution is -2.20. The highest BCUT2D eigenvalue weighted by atomic mass is 14.7. The van der Waals surface area contributed by atoms with Crippen LogP contribution in [0.4, 0.5) is 5.69 Å². The van der Waals surface area contributed by atoms with Crippen LogP contribution in [-0.4, -0.2) is 0 Å². The highest BCUT2D eigenvalue weighted by Gasteiger charge is 2.26. The number of hydrogen-bond donors (Lipinski definition) is 0. The summed E-state index contributed by atoms with van der Waals surface area (Å²) in [6, 6.07) is 4.11. The summed E-state index contributed by atoms with van der Waals surface area (Å²) >= 11 is 0. The maximum atomic E-state index is 7.07. The lowest BCUT2D eigenvalue weighted by atomic mass is 9.75. The molecule has 0 atom stereocenters. The summed E-state index contributed by atoms with van der Waals surface area (Å²) in [4.78, 5) is 3.56. The van der Waals surface area contributed by atoms with Crippen LogP contribution in [0, 0.1) is 6.57 Å². The minimum Gasteiger partial charge on any atom is -0.238 e. The molecule has 0 spiro atoms. The molecular weight excluding hydrogens is 170 g/mol. The molecule has 2 rings (SSSR count). The fourth-order valence-corrected chi connectivity index (χ4v) is 2.13. The molecule has 1 aromatic carbocycles. The third-order valence-electron chi connectivity index (χ3n) is 2.96. The van der Waals surface area contributed by atoms with Crippen LogP contribution < -0.4 is 0 Å². The zero-order valence-electron chi connectivity index (χ0n) is 9.02. The Kier molecular flexibility index (Phi) is 1.89. The second-order valence-electron chi connectivity index (χ2n) is 4.95. The van der Waals surface area contributed by atoms with Gasteiger partial charge in [0.25, 0.3) is 0 Å². The van der Waals surface area contributed by atoms with Crippen molar-refractivity contribution in [3.05, 3.63) is 40.2 Å². The van der Waals surface area contributed by atoms with Crippen LogP contribution in [-0.2, 0) is 18.3 Å². The molecule has 1 heteroatoms. The van der Waals surface area contributed by atoms with Gasteiger partial charge in [0.1, 0.15) is 0 Å². The van der Waals surface area contributed by atoms with Gasteiger partial charge in [-0.3, -0.25) is 0 Å². The van der Waals surface area contributed by atoms with Gasteiger partial charge in [-0.25, -0.2) is 4.85 Å². The lowest BCUT2D eigenvalue weighted by molar-refractivity contribution is 0.573. The molecule has 0 aliphatic heterocycles. The largest absolute Gasteiger partial charge is 0.238 e. The van der Waals surface area contributed by atoms with Crippen molar-refractivity contribution < 1.29 is 0 Å². The van der Waals surface area contributed by atoms with Crippen molar-refractivity contribution >= 4 is 5.69 Å². The van der Waals surface area contributed by atoms with E-state index in [9.17, 15) is 0 Å². The van der Waals surface area contributed by atoms with Gasteiger partial charge in [-0.15, -0.1) is 0 Å². The average molecular weight is 185 g/mol. The van der Waals surface area contributed by atoms with Crippen LogP contribution >= 0.6 is 0 Å². The highest BCUT2D eigenvalue weighted by molar-refractivity contribution is 5.62. The Morgan fingerprint density at radius 2 is 1.79 bits per heavy atom. The molecule has 1 nitrogen and oxygen atoms in total. The molecule has 0 bridgehead atoms. The van der Waals surface area contributed by atoms with Crippen molar-refractivity contribution in [3.8, 4) is 0 Å². The predicted molar refractivity (Wildman–Crippen MR) is 58.8 cm³/mol. The zero-order valence-corrected chi connectivity index (χ0v) is 9.02. The molecule has 1 aliphatic rings. The molecule has 1 aliphatic carbocycles. The van der Waals surface area contributed by atoms with Crippen LogP contribution in [0.1, 0.15) is 37.5 Å². The molecule has 1 aromatic rings. The van der Waals surface area contributed by atoms with Crippen LogP contribution in [0.25, 0.3) is 4.85 Å². The topological polar surface area (TPSA) is 4.36 Å². The molecule has 0 saturated heterocycles. The number of benzene rings is 1. The Morgan fingerprint density at radius 1 is 1.14 bits per heavy atom. The predicted octanol–water partition coefficient (Wildman–Crippen LogP) is 3.63. The van der Waals surface area contributed by atoms with Crippen LogP contribution in [0.15, 0.2) is 12.1 Å². The Morgan fingerprint density at radius 3 is 2.21 bits per heavy atom. The van der Waals surface area contributed by atoms with E-state index in [0.717, 1.165) is 18.5 Å². The van der Waals surface area contributed by atoms with E-state index < -0.39 is 0 Å². The van der Waals surface area contributed by atoms with Crippen molar-refractivity contribution in [2.45, 2.75) is 39.0 Å². The van der Waals surface area contributed by atoms with E-state index in [2.05, 4.69) is 31.7 Å². The fourth-order valence-electron chi connectivity index (χ4n) is 2.13. The minimum atomic E-state index is 0.213. The van der Waals surface area contributed by atoms with E-state index >= 15 is 0 Å². The smallest absolute Gasteiger partial charge is 0.190 e. The van der Waals surface area contributed by atoms with E-state index in [1.165, 1.54) is 16.7 Å². The van der Waals surface area contributed by atoms with Gasteiger partial charge in [0.2, 0.25) is 0 Å². The van der Waals surface area contributed by atoms with E-state index in [0.29, 0.717) is 0 Å². The van der Waals surface area contributed by atoms with Gasteiger partial charge in [-0.2, -0.15) is 0 Å². The third kappa shape index (κ3) is 1.23. The SMILES string of the molecule is [C-]#[N+]c1ccc(C(C)(C)C)c2c1CC2. The van der Waals surface area contributed by atoms with Gasteiger partial charge in [0, 0.05) is 0 Å². The van der Waals surface area contributed by atoms with Gasteiger partial charge in [-0.05, 0) is 29.4 Å². The summed E-state index contributed by atoms with van der Waals surface area (Å²) in [5.74, 6) is 0. The number of hydrogen-bond acceptors (Lipinski definition) is 0. The van der Waals surface area contributed by atoms with E-state index in [-0.39, 0.29) is 5.41 Å². The molecule has 72 valence electrons. The molecule has 0 radical (unpaired) electrons. The van der Waals surface area contributed by atoms with E-state index in [4.69, 9.17) is 6.57 Å². The van der Waals surface area contributed by atoms with Crippen molar-refractivity contribution in [1.29, 1.82) is 0 Å². The first-order valence-corrected chi connectivity index (χ1v) is 5.07.